The van der Waals surface area contributed by atoms with Crippen LogP contribution in [0.2, 0.25) is 5.02 Å². The number of carbonyl (C=O) groups excluding carboxylic acids is 1. The Labute approximate surface area is 156 Å². The van der Waals surface area contributed by atoms with Gasteiger partial charge < -0.3 is 9.15 Å². The highest BCUT2D eigenvalue weighted by atomic mass is 35.5. The van der Waals surface area contributed by atoms with Crippen molar-refractivity contribution >= 4 is 50.1 Å². The van der Waals surface area contributed by atoms with Crippen LogP contribution in [0.25, 0.3) is 21.2 Å². The van der Waals surface area contributed by atoms with Crippen LogP contribution in [0.5, 0.6) is 0 Å². The molecule has 0 unspecified atom stereocenters. The second-order valence-corrected chi connectivity index (χ2v) is 7.09. The molecule has 0 aliphatic carbocycles. The van der Waals surface area contributed by atoms with E-state index in [-0.39, 0.29) is 6.61 Å². The summed E-state index contributed by atoms with van der Waals surface area (Å²) in [4.78, 5) is 28.3. The highest BCUT2D eigenvalue weighted by molar-refractivity contribution is 7.16. The van der Waals surface area contributed by atoms with Crippen molar-refractivity contribution in [2.45, 2.75) is 13.5 Å². The lowest BCUT2D eigenvalue weighted by molar-refractivity contribution is 0.0474. The van der Waals surface area contributed by atoms with Crippen molar-refractivity contribution < 1.29 is 13.9 Å². The second kappa shape index (κ2) is 6.55. The molecule has 4 aromatic rings. The largest absolute Gasteiger partial charge is 0.457 e. The third-order valence-electron chi connectivity index (χ3n) is 4.04. The minimum Gasteiger partial charge on any atom is -0.457 e. The molecule has 0 spiro atoms. The van der Waals surface area contributed by atoms with Gasteiger partial charge in [-0.15, -0.1) is 11.3 Å². The van der Waals surface area contributed by atoms with Crippen LogP contribution in [0.15, 0.2) is 51.1 Å². The van der Waals surface area contributed by atoms with Crippen molar-refractivity contribution in [1.82, 2.24) is 4.98 Å². The zero-order valence-electron chi connectivity index (χ0n) is 13.6. The number of aryl methyl sites for hydroxylation is 1. The quantitative estimate of drug-likeness (QED) is 0.377. The van der Waals surface area contributed by atoms with Gasteiger partial charge in [0.25, 0.3) is 0 Å². The molecule has 0 saturated carbocycles. The minimum absolute atomic E-state index is 0.0545. The van der Waals surface area contributed by atoms with Crippen LogP contribution in [0.1, 0.15) is 21.5 Å². The predicted octanol–water partition coefficient (Wildman–Crippen LogP) is 4.72. The average molecular weight is 386 g/mol. The van der Waals surface area contributed by atoms with E-state index in [0.29, 0.717) is 27.1 Å². The van der Waals surface area contributed by atoms with E-state index >= 15 is 0 Å². The minimum atomic E-state index is -0.503. The van der Waals surface area contributed by atoms with Crippen LogP contribution in [-0.2, 0) is 11.3 Å². The first-order valence-corrected chi connectivity index (χ1v) is 9.00. The second-order valence-electron chi connectivity index (χ2n) is 5.80. The van der Waals surface area contributed by atoms with Gasteiger partial charge in [-0.1, -0.05) is 11.6 Å². The number of carbonyl (C=O) groups is 1. The van der Waals surface area contributed by atoms with Crippen molar-refractivity contribution in [3.8, 4) is 0 Å². The third kappa shape index (κ3) is 3.09. The Hall–Kier alpha value is -2.70. The molecule has 0 bridgehead atoms. The number of aromatic nitrogens is 1. The fraction of sp³-hybridized carbons (Fsp3) is 0.105. The summed E-state index contributed by atoms with van der Waals surface area (Å²) in [6.45, 7) is 1.77. The maximum atomic E-state index is 12.4. The van der Waals surface area contributed by atoms with E-state index in [1.165, 1.54) is 17.4 Å². The maximum Gasteiger partial charge on any atom is 0.338 e. The zero-order valence-corrected chi connectivity index (χ0v) is 15.2. The van der Waals surface area contributed by atoms with E-state index in [1.807, 2.05) is 6.92 Å². The van der Waals surface area contributed by atoms with Crippen LogP contribution in [0.4, 0.5) is 0 Å². The van der Waals surface area contributed by atoms with Gasteiger partial charge in [-0.3, -0.25) is 0 Å². The SMILES string of the molecule is Cc1cc2oc(=O)cc(COC(=O)c3ccc4ncsc4c3)c2cc1Cl. The molecule has 5 nitrogen and oxygen atoms in total. The Bertz CT molecular complexity index is 1210. The number of ether oxygens (including phenoxy) is 1. The van der Waals surface area contributed by atoms with E-state index in [9.17, 15) is 9.59 Å². The molecule has 4 rings (SSSR count). The molecule has 0 saturated heterocycles. The fourth-order valence-electron chi connectivity index (χ4n) is 2.68. The summed E-state index contributed by atoms with van der Waals surface area (Å²) in [5, 5.41) is 1.19. The van der Waals surface area contributed by atoms with E-state index in [4.69, 9.17) is 20.8 Å². The van der Waals surface area contributed by atoms with E-state index < -0.39 is 11.6 Å². The first-order chi connectivity index (χ1) is 12.5. The standard InChI is InChI=1S/C19H12ClNO4S/c1-10-4-16-13(7-14(10)20)12(6-18(22)25-16)8-24-19(23)11-2-3-15-17(5-11)26-9-21-15/h2-7,9H,8H2,1H3. The average Bonchev–Trinajstić information content (AvgIpc) is 3.08. The normalized spacial score (nSPS) is 11.2. The Morgan fingerprint density at radius 2 is 2.12 bits per heavy atom. The van der Waals surface area contributed by atoms with E-state index in [2.05, 4.69) is 4.98 Å². The molecule has 2 heterocycles. The maximum absolute atomic E-state index is 12.4. The Morgan fingerprint density at radius 3 is 2.96 bits per heavy atom. The van der Waals surface area contributed by atoms with Gasteiger partial charge in [0.15, 0.2) is 0 Å². The lowest BCUT2D eigenvalue weighted by Gasteiger charge is -2.08. The highest BCUT2D eigenvalue weighted by Gasteiger charge is 2.13. The van der Waals surface area contributed by atoms with Crippen molar-refractivity contribution in [3.63, 3.8) is 0 Å². The smallest absolute Gasteiger partial charge is 0.338 e. The molecule has 7 heteroatoms. The molecule has 26 heavy (non-hydrogen) atoms. The summed E-state index contributed by atoms with van der Waals surface area (Å²) < 4.78 is 11.5. The molecule has 0 aliphatic heterocycles. The van der Waals surface area contributed by atoms with Crippen LogP contribution in [-0.4, -0.2) is 11.0 Å². The number of hydrogen-bond acceptors (Lipinski definition) is 6. The number of hydrogen-bond donors (Lipinski definition) is 0. The van der Waals surface area contributed by atoms with Crippen molar-refractivity contribution in [3.05, 3.63) is 74.0 Å². The summed E-state index contributed by atoms with van der Waals surface area (Å²) >= 11 is 7.62. The molecule has 0 amide bonds. The Kier molecular flexibility index (Phi) is 4.22. The third-order valence-corrected chi connectivity index (χ3v) is 5.23. The number of fused-ring (bicyclic) bond motifs is 2. The molecule has 0 fully saturated rings. The Balaban J connectivity index is 1.63. The predicted molar refractivity (Wildman–Crippen MR) is 101 cm³/mol. The highest BCUT2D eigenvalue weighted by Crippen LogP contribution is 2.26. The number of thiazole rings is 1. The van der Waals surface area contributed by atoms with Gasteiger partial charge >= 0.3 is 11.6 Å². The monoisotopic (exact) mass is 385 g/mol. The van der Waals surface area contributed by atoms with E-state index in [1.54, 1.807) is 35.8 Å². The van der Waals surface area contributed by atoms with E-state index in [0.717, 1.165) is 15.8 Å². The molecule has 0 N–H and O–H groups in total. The molecule has 0 atom stereocenters. The van der Waals surface area contributed by atoms with Gasteiger partial charge in [0.2, 0.25) is 0 Å². The number of halogens is 1. The molecule has 2 aromatic heterocycles. The van der Waals surface area contributed by atoms with Gasteiger partial charge in [-0.05, 0) is 42.8 Å². The van der Waals surface area contributed by atoms with Gasteiger partial charge in [-0.2, -0.15) is 0 Å². The summed E-state index contributed by atoms with van der Waals surface area (Å²) in [7, 11) is 0. The summed E-state index contributed by atoms with van der Waals surface area (Å²) in [5.74, 6) is -0.472. The van der Waals surface area contributed by atoms with Crippen LogP contribution in [0, 0.1) is 6.92 Å². The van der Waals surface area contributed by atoms with Gasteiger partial charge in [0, 0.05) is 22.0 Å². The van der Waals surface area contributed by atoms with Crippen LogP contribution < -0.4 is 5.63 Å². The van der Waals surface area contributed by atoms with Gasteiger partial charge in [0.1, 0.15) is 12.2 Å². The summed E-state index contributed by atoms with van der Waals surface area (Å²) in [6, 6.07) is 9.91. The number of nitrogens with zero attached hydrogens (tertiary/aromatic N) is 1. The van der Waals surface area contributed by atoms with Crippen LogP contribution >= 0.6 is 22.9 Å². The van der Waals surface area contributed by atoms with Crippen molar-refractivity contribution in [1.29, 1.82) is 0 Å². The zero-order chi connectivity index (χ0) is 18.3. The molecule has 130 valence electrons. The lowest BCUT2D eigenvalue weighted by Crippen LogP contribution is -2.08. The van der Waals surface area contributed by atoms with Crippen LogP contribution in [0.3, 0.4) is 0 Å². The molecule has 2 aromatic carbocycles. The Morgan fingerprint density at radius 1 is 1.27 bits per heavy atom. The molecule has 0 aliphatic rings. The number of rotatable bonds is 3. The molecular formula is C19H12ClNO4S. The summed E-state index contributed by atoms with van der Waals surface area (Å²) in [5.41, 5.74) is 4.25. The first kappa shape index (κ1) is 16.8. The lowest BCUT2D eigenvalue weighted by atomic mass is 10.1. The van der Waals surface area contributed by atoms with Crippen molar-refractivity contribution in [2.75, 3.05) is 0 Å². The number of esters is 1. The number of benzene rings is 2. The fourth-order valence-corrected chi connectivity index (χ4v) is 3.56. The van der Waals surface area contributed by atoms with Crippen molar-refractivity contribution in [2.24, 2.45) is 0 Å². The molecular weight excluding hydrogens is 374 g/mol. The first-order valence-electron chi connectivity index (χ1n) is 7.74. The topological polar surface area (TPSA) is 69.4 Å². The molecule has 0 radical (unpaired) electrons. The van der Waals surface area contributed by atoms with Gasteiger partial charge in [-0.25, -0.2) is 14.6 Å². The summed E-state index contributed by atoms with van der Waals surface area (Å²) in [6.07, 6.45) is 0. The van der Waals surface area contributed by atoms with Gasteiger partial charge in [0.05, 0.1) is 21.3 Å².